The second-order valence-corrected chi connectivity index (χ2v) is 9.83. The molecule has 0 saturated heterocycles. The number of benzene rings is 2. The molecular formula is C17H15N3O6S2. The summed E-state index contributed by atoms with van der Waals surface area (Å²) >= 11 is 0. The standard InChI is InChI=1S/C17H15N3O6S2/c1-27(22,23)13-9-7-12(8-10-13)16-19-20-17(26-16)18-15(21)11-28(24,25)14-5-3-2-4-6-14/h2-10H,11H2,1H3,(H,18,20,21). The molecule has 1 amide bonds. The van der Waals surface area contributed by atoms with Crippen LogP contribution in [0.1, 0.15) is 0 Å². The molecule has 146 valence electrons. The van der Waals surface area contributed by atoms with Gasteiger partial charge in [-0.3, -0.25) is 10.1 Å². The molecule has 28 heavy (non-hydrogen) atoms. The van der Waals surface area contributed by atoms with E-state index in [1.165, 1.54) is 36.4 Å². The van der Waals surface area contributed by atoms with E-state index in [0.717, 1.165) is 6.26 Å². The summed E-state index contributed by atoms with van der Waals surface area (Å²) in [6.07, 6.45) is 1.09. The first-order chi connectivity index (χ1) is 13.1. The summed E-state index contributed by atoms with van der Waals surface area (Å²) in [6.45, 7) is 0. The molecule has 0 unspecified atom stereocenters. The molecule has 1 heterocycles. The molecular weight excluding hydrogens is 406 g/mol. The van der Waals surface area contributed by atoms with E-state index in [4.69, 9.17) is 4.42 Å². The number of aromatic nitrogens is 2. The lowest BCUT2D eigenvalue weighted by molar-refractivity contribution is -0.114. The molecule has 0 radical (unpaired) electrons. The first kappa shape index (κ1) is 19.7. The first-order valence-electron chi connectivity index (χ1n) is 7.87. The molecule has 0 spiro atoms. The van der Waals surface area contributed by atoms with Crippen molar-refractivity contribution in [2.75, 3.05) is 17.3 Å². The summed E-state index contributed by atoms with van der Waals surface area (Å²) in [6, 6.07) is 13.1. The van der Waals surface area contributed by atoms with E-state index in [1.54, 1.807) is 18.2 Å². The normalized spacial score (nSPS) is 11.9. The highest BCUT2D eigenvalue weighted by molar-refractivity contribution is 7.92. The Balaban J connectivity index is 1.70. The third kappa shape index (κ3) is 4.61. The highest BCUT2D eigenvalue weighted by atomic mass is 32.2. The summed E-state index contributed by atoms with van der Waals surface area (Å²) < 4.78 is 52.6. The van der Waals surface area contributed by atoms with Crippen LogP contribution in [0.2, 0.25) is 0 Å². The average molecular weight is 421 g/mol. The molecule has 11 heteroatoms. The Bertz CT molecular complexity index is 1200. The van der Waals surface area contributed by atoms with Gasteiger partial charge in [0.2, 0.25) is 11.8 Å². The Hall–Kier alpha value is -3.05. The fourth-order valence-corrected chi connectivity index (χ4v) is 4.06. The molecule has 2 aromatic carbocycles. The van der Waals surface area contributed by atoms with E-state index in [0.29, 0.717) is 5.56 Å². The van der Waals surface area contributed by atoms with Gasteiger partial charge in [-0.05, 0) is 36.4 Å². The molecule has 0 bridgehead atoms. The highest BCUT2D eigenvalue weighted by Crippen LogP contribution is 2.22. The molecule has 0 aliphatic heterocycles. The van der Waals surface area contributed by atoms with Crippen LogP contribution in [-0.4, -0.2) is 44.9 Å². The summed E-state index contributed by atoms with van der Waals surface area (Å²) in [5.41, 5.74) is 0.442. The van der Waals surface area contributed by atoms with E-state index in [-0.39, 0.29) is 21.7 Å². The van der Waals surface area contributed by atoms with Gasteiger partial charge in [-0.1, -0.05) is 23.3 Å². The number of nitrogens with zero attached hydrogens (tertiary/aromatic N) is 2. The zero-order valence-corrected chi connectivity index (χ0v) is 16.2. The van der Waals surface area contributed by atoms with Gasteiger partial charge < -0.3 is 4.42 Å². The van der Waals surface area contributed by atoms with Gasteiger partial charge in [0.15, 0.2) is 19.7 Å². The molecule has 0 aliphatic rings. The van der Waals surface area contributed by atoms with Gasteiger partial charge in [0.25, 0.3) is 0 Å². The Morgan fingerprint density at radius 1 is 0.929 bits per heavy atom. The van der Waals surface area contributed by atoms with Crippen LogP contribution in [0.25, 0.3) is 11.5 Å². The van der Waals surface area contributed by atoms with Crippen LogP contribution in [0.3, 0.4) is 0 Å². The summed E-state index contributed by atoms with van der Waals surface area (Å²) in [4.78, 5) is 12.2. The Morgan fingerprint density at radius 3 is 2.18 bits per heavy atom. The zero-order chi connectivity index (χ0) is 20.4. The number of amides is 1. The van der Waals surface area contributed by atoms with E-state index in [1.807, 2.05) is 0 Å². The summed E-state index contributed by atoms with van der Waals surface area (Å²) in [7, 11) is -7.14. The van der Waals surface area contributed by atoms with E-state index < -0.39 is 31.3 Å². The van der Waals surface area contributed by atoms with Gasteiger partial charge in [0.05, 0.1) is 9.79 Å². The van der Waals surface area contributed by atoms with Crippen molar-refractivity contribution in [3.63, 3.8) is 0 Å². The number of anilines is 1. The predicted molar refractivity (Wildman–Crippen MR) is 100.0 cm³/mol. The lowest BCUT2D eigenvalue weighted by atomic mass is 10.2. The summed E-state index contributed by atoms with van der Waals surface area (Å²) in [5.74, 6) is -1.56. The van der Waals surface area contributed by atoms with Crippen LogP contribution in [0, 0.1) is 0 Å². The zero-order valence-electron chi connectivity index (χ0n) is 14.6. The minimum atomic E-state index is -3.80. The minimum Gasteiger partial charge on any atom is -0.403 e. The second-order valence-electron chi connectivity index (χ2n) is 5.83. The SMILES string of the molecule is CS(=O)(=O)c1ccc(-c2nnc(NC(=O)CS(=O)(=O)c3ccccc3)o2)cc1. The fraction of sp³-hybridized carbons (Fsp3) is 0.118. The number of nitrogens with one attached hydrogen (secondary N) is 1. The molecule has 0 aliphatic carbocycles. The number of sulfone groups is 2. The maximum atomic E-state index is 12.2. The van der Waals surface area contributed by atoms with Gasteiger partial charge in [-0.2, -0.15) is 0 Å². The van der Waals surface area contributed by atoms with E-state index in [9.17, 15) is 21.6 Å². The van der Waals surface area contributed by atoms with Gasteiger partial charge in [-0.25, -0.2) is 16.8 Å². The third-order valence-electron chi connectivity index (χ3n) is 3.62. The van der Waals surface area contributed by atoms with Crippen molar-refractivity contribution in [1.82, 2.24) is 10.2 Å². The summed E-state index contributed by atoms with van der Waals surface area (Å²) in [5, 5.41) is 9.64. The smallest absolute Gasteiger partial charge is 0.322 e. The van der Waals surface area contributed by atoms with Gasteiger partial charge in [-0.15, -0.1) is 5.10 Å². The minimum absolute atomic E-state index is 0.0299. The van der Waals surface area contributed by atoms with E-state index >= 15 is 0 Å². The van der Waals surface area contributed by atoms with Gasteiger partial charge in [0, 0.05) is 11.8 Å². The Kier molecular flexibility index (Phi) is 5.29. The molecule has 0 saturated carbocycles. The van der Waals surface area contributed by atoms with Crippen molar-refractivity contribution < 1.29 is 26.0 Å². The van der Waals surface area contributed by atoms with Crippen LogP contribution in [0.5, 0.6) is 0 Å². The van der Waals surface area contributed by atoms with Crippen molar-refractivity contribution in [3.8, 4) is 11.5 Å². The number of hydrogen-bond donors (Lipinski definition) is 1. The highest BCUT2D eigenvalue weighted by Gasteiger charge is 2.21. The first-order valence-corrected chi connectivity index (χ1v) is 11.4. The van der Waals surface area contributed by atoms with Crippen molar-refractivity contribution in [1.29, 1.82) is 0 Å². The van der Waals surface area contributed by atoms with Gasteiger partial charge >= 0.3 is 6.01 Å². The third-order valence-corrected chi connectivity index (χ3v) is 6.39. The quantitative estimate of drug-likeness (QED) is 0.633. The van der Waals surface area contributed by atoms with Crippen LogP contribution in [-0.2, 0) is 24.5 Å². The number of rotatable bonds is 6. The molecule has 1 N–H and O–H groups in total. The number of hydrogen-bond acceptors (Lipinski definition) is 8. The largest absolute Gasteiger partial charge is 0.403 e. The Labute approximate surface area is 161 Å². The molecule has 3 aromatic rings. The van der Waals surface area contributed by atoms with Crippen LogP contribution >= 0.6 is 0 Å². The average Bonchev–Trinajstić information content (AvgIpc) is 3.09. The fourth-order valence-electron chi connectivity index (χ4n) is 2.27. The van der Waals surface area contributed by atoms with Crippen LogP contribution in [0.15, 0.2) is 68.8 Å². The molecule has 0 fully saturated rings. The predicted octanol–water partition coefficient (Wildman–Crippen LogP) is 1.55. The van der Waals surface area contributed by atoms with Gasteiger partial charge in [0.1, 0.15) is 5.75 Å². The second kappa shape index (κ2) is 7.52. The molecule has 0 atom stereocenters. The van der Waals surface area contributed by atoms with E-state index in [2.05, 4.69) is 15.5 Å². The lowest BCUT2D eigenvalue weighted by Gasteiger charge is -2.03. The molecule has 1 aromatic heterocycles. The monoisotopic (exact) mass is 421 g/mol. The van der Waals surface area contributed by atoms with Crippen molar-refractivity contribution >= 4 is 31.6 Å². The van der Waals surface area contributed by atoms with Crippen LogP contribution < -0.4 is 5.32 Å². The Morgan fingerprint density at radius 2 is 1.57 bits per heavy atom. The topological polar surface area (TPSA) is 136 Å². The maximum absolute atomic E-state index is 12.2. The van der Waals surface area contributed by atoms with Crippen molar-refractivity contribution in [2.24, 2.45) is 0 Å². The maximum Gasteiger partial charge on any atom is 0.322 e. The lowest BCUT2D eigenvalue weighted by Crippen LogP contribution is -2.23. The van der Waals surface area contributed by atoms with Crippen molar-refractivity contribution in [2.45, 2.75) is 9.79 Å². The number of carbonyl (C=O) groups is 1. The number of carbonyl (C=O) groups excluding carboxylic acids is 1. The van der Waals surface area contributed by atoms with Crippen LogP contribution in [0.4, 0.5) is 6.01 Å². The molecule has 3 rings (SSSR count). The van der Waals surface area contributed by atoms with Crippen molar-refractivity contribution in [3.05, 3.63) is 54.6 Å². The molecule has 9 nitrogen and oxygen atoms in total.